The Kier molecular flexibility index (Phi) is 4.11. The van der Waals surface area contributed by atoms with Crippen LogP contribution in [0.4, 0.5) is 17.1 Å². The lowest BCUT2D eigenvalue weighted by Crippen LogP contribution is -2.41. The number of fused-ring (bicyclic) bond motifs is 1. The molecule has 2 aromatic carbocycles. The fraction of sp³-hybridized carbons (Fsp3) is 0.125. The van der Waals surface area contributed by atoms with Crippen molar-refractivity contribution in [2.75, 3.05) is 16.0 Å². The molecule has 1 aliphatic heterocycles. The van der Waals surface area contributed by atoms with Crippen molar-refractivity contribution in [3.05, 3.63) is 53.0 Å². The second-order valence-electron chi connectivity index (χ2n) is 4.96. The lowest BCUT2D eigenvalue weighted by atomic mass is 10.1. The first-order valence-corrected chi connectivity index (χ1v) is 7.63. The SMILES string of the molecule is O=C(C[C@H]1Nc2ccccc2NC1=O)Nc1ccccc1Br. The summed E-state index contributed by atoms with van der Waals surface area (Å²) in [6, 6.07) is 14.2. The molecule has 0 spiro atoms. The molecule has 0 aliphatic carbocycles. The summed E-state index contributed by atoms with van der Waals surface area (Å²) >= 11 is 3.37. The number of benzene rings is 2. The smallest absolute Gasteiger partial charge is 0.247 e. The van der Waals surface area contributed by atoms with Crippen LogP contribution in [0.5, 0.6) is 0 Å². The number of rotatable bonds is 3. The molecule has 1 atom stereocenters. The first-order chi connectivity index (χ1) is 10.6. The minimum atomic E-state index is -0.586. The molecule has 3 N–H and O–H groups in total. The lowest BCUT2D eigenvalue weighted by Gasteiger charge is -2.26. The van der Waals surface area contributed by atoms with Gasteiger partial charge in [0, 0.05) is 4.47 Å². The molecular formula is C16H14BrN3O2. The van der Waals surface area contributed by atoms with Crippen LogP contribution in [0, 0.1) is 0 Å². The summed E-state index contributed by atoms with van der Waals surface area (Å²) in [5.74, 6) is -0.431. The predicted molar refractivity (Wildman–Crippen MR) is 89.9 cm³/mol. The van der Waals surface area contributed by atoms with Gasteiger partial charge in [-0.25, -0.2) is 0 Å². The van der Waals surface area contributed by atoms with Crippen LogP contribution in [-0.4, -0.2) is 17.9 Å². The summed E-state index contributed by atoms with van der Waals surface area (Å²) in [5.41, 5.74) is 2.24. The van der Waals surface area contributed by atoms with Crippen molar-refractivity contribution in [1.29, 1.82) is 0 Å². The van der Waals surface area contributed by atoms with E-state index in [2.05, 4.69) is 31.9 Å². The van der Waals surface area contributed by atoms with Gasteiger partial charge in [-0.05, 0) is 40.2 Å². The van der Waals surface area contributed by atoms with E-state index in [1.165, 1.54) is 0 Å². The molecule has 0 radical (unpaired) electrons. The number of anilines is 3. The van der Waals surface area contributed by atoms with Gasteiger partial charge in [-0.3, -0.25) is 9.59 Å². The van der Waals surface area contributed by atoms with E-state index in [9.17, 15) is 9.59 Å². The number of hydrogen-bond acceptors (Lipinski definition) is 3. The molecule has 22 heavy (non-hydrogen) atoms. The Balaban J connectivity index is 1.67. The van der Waals surface area contributed by atoms with E-state index in [0.717, 1.165) is 15.8 Å². The quantitative estimate of drug-likeness (QED) is 0.787. The molecule has 0 aromatic heterocycles. The van der Waals surface area contributed by atoms with Gasteiger partial charge in [0.1, 0.15) is 6.04 Å². The number of hydrogen-bond donors (Lipinski definition) is 3. The van der Waals surface area contributed by atoms with Gasteiger partial charge in [-0.1, -0.05) is 24.3 Å². The molecule has 0 saturated heterocycles. The zero-order valence-corrected chi connectivity index (χ0v) is 13.2. The molecule has 112 valence electrons. The molecule has 0 saturated carbocycles. The van der Waals surface area contributed by atoms with Crippen LogP contribution in [-0.2, 0) is 9.59 Å². The van der Waals surface area contributed by atoms with Crippen LogP contribution in [0.2, 0.25) is 0 Å². The first kappa shape index (κ1) is 14.6. The summed E-state index contributed by atoms with van der Waals surface area (Å²) in [5, 5.41) is 8.69. The van der Waals surface area contributed by atoms with Crippen LogP contribution < -0.4 is 16.0 Å². The molecule has 2 amide bonds. The van der Waals surface area contributed by atoms with Crippen LogP contribution in [0.3, 0.4) is 0 Å². The third-order valence-electron chi connectivity index (χ3n) is 3.37. The number of nitrogens with one attached hydrogen (secondary N) is 3. The minimum absolute atomic E-state index is 0.0570. The van der Waals surface area contributed by atoms with Crippen molar-refractivity contribution >= 4 is 44.8 Å². The van der Waals surface area contributed by atoms with Gasteiger partial charge in [0.2, 0.25) is 11.8 Å². The number of halogens is 1. The Bertz CT molecular complexity index is 733. The second kappa shape index (κ2) is 6.19. The van der Waals surface area contributed by atoms with E-state index in [4.69, 9.17) is 0 Å². The molecule has 5 nitrogen and oxygen atoms in total. The molecule has 3 rings (SSSR count). The summed E-state index contributed by atoms with van der Waals surface area (Å²) in [6.45, 7) is 0. The van der Waals surface area contributed by atoms with Gasteiger partial charge in [-0.2, -0.15) is 0 Å². The highest BCUT2D eigenvalue weighted by molar-refractivity contribution is 9.10. The standard InChI is InChI=1S/C16H14BrN3O2/c17-10-5-1-2-6-11(10)19-15(21)9-14-16(22)20-13-8-4-3-7-12(13)18-14/h1-8,14,18H,9H2,(H,19,21)(H,20,22)/t14-/m1/s1. The molecule has 0 bridgehead atoms. The van der Waals surface area contributed by atoms with Crippen molar-refractivity contribution in [2.45, 2.75) is 12.5 Å². The third kappa shape index (κ3) is 3.12. The highest BCUT2D eigenvalue weighted by Gasteiger charge is 2.27. The molecule has 0 fully saturated rings. The maximum atomic E-state index is 12.1. The summed E-state index contributed by atoms with van der Waals surface area (Å²) < 4.78 is 0.801. The van der Waals surface area contributed by atoms with Crippen molar-refractivity contribution in [3.63, 3.8) is 0 Å². The molecule has 6 heteroatoms. The van der Waals surface area contributed by atoms with Crippen molar-refractivity contribution in [1.82, 2.24) is 0 Å². The average molecular weight is 360 g/mol. The van der Waals surface area contributed by atoms with Gasteiger partial charge in [0.05, 0.1) is 23.5 Å². The zero-order chi connectivity index (χ0) is 15.5. The number of carbonyl (C=O) groups is 2. The fourth-order valence-electron chi connectivity index (χ4n) is 2.28. The van der Waals surface area contributed by atoms with Gasteiger partial charge < -0.3 is 16.0 Å². The predicted octanol–water partition coefficient (Wildman–Crippen LogP) is 3.21. The van der Waals surface area contributed by atoms with Crippen molar-refractivity contribution in [2.24, 2.45) is 0 Å². The Hall–Kier alpha value is -2.34. The molecule has 1 aliphatic rings. The number of amides is 2. The topological polar surface area (TPSA) is 70.2 Å². The van der Waals surface area contributed by atoms with E-state index in [1.54, 1.807) is 6.07 Å². The van der Waals surface area contributed by atoms with Gasteiger partial charge in [0.15, 0.2) is 0 Å². The fourth-order valence-corrected chi connectivity index (χ4v) is 2.67. The Morgan fingerprint density at radius 2 is 1.77 bits per heavy atom. The van der Waals surface area contributed by atoms with Crippen LogP contribution in [0.1, 0.15) is 6.42 Å². The van der Waals surface area contributed by atoms with Crippen LogP contribution >= 0.6 is 15.9 Å². The summed E-state index contributed by atoms with van der Waals surface area (Å²) in [7, 11) is 0. The Morgan fingerprint density at radius 3 is 2.55 bits per heavy atom. The van der Waals surface area contributed by atoms with E-state index >= 15 is 0 Å². The van der Waals surface area contributed by atoms with E-state index in [0.29, 0.717) is 5.69 Å². The van der Waals surface area contributed by atoms with Crippen LogP contribution in [0.25, 0.3) is 0 Å². The summed E-state index contributed by atoms with van der Waals surface area (Å²) in [6.07, 6.45) is 0.0570. The molecule has 1 heterocycles. The van der Waals surface area contributed by atoms with Crippen LogP contribution in [0.15, 0.2) is 53.0 Å². The van der Waals surface area contributed by atoms with Gasteiger partial charge in [-0.15, -0.1) is 0 Å². The maximum Gasteiger partial charge on any atom is 0.247 e. The van der Waals surface area contributed by atoms with Gasteiger partial charge in [0.25, 0.3) is 0 Å². The first-order valence-electron chi connectivity index (χ1n) is 6.84. The molecular weight excluding hydrogens is 346 g/mol. The van der Waals surface area contributed by atoms with E-state index < -0.39 is 6.04 Å². The number of para-hydroxylation sites is 3. The second-order valence-corrected chi connectivity index (χ2v) is 5.82. The van der Waals surface area contributed by atoms with E-state index in [1.807, 2.05) is 42.5 Å². The Morgan fingerprint density at radius 1 is 1.09 bits per heavy atom. The van der Waals surface area contributed by atoms with E-state index in [-0.39, 0.29) is 18.2 Å². The van der Waals surface area contributed by atoms with Crippen molar-refractivity contribution < 1.29 is 9.59 Å². The monoisotopic (exact) mass is 359 g/mol. The molecule has 0 unspecified atom stereocenters. The third-order valence-corrected chi connectivity index (χ3v) is 4.06. The minimum Gasteiger partial charge on any atom is -0.372 e. The zero-order valence-electron chi connectivity index (χ0n) is 11.6. The highest BCUT2D eigenvalue weighted by atomic mass is 79.9. The lowest BCUT2D eigenvalue weighted by molar-refractivity contribution is -0.122. The maximum absolute atomic E-state index is 12.1. The highest BCUT2D eigenvalue weighted by Crippen LogP contribution is 2.27. The van der Waals surface area contributed by atoms with Crippen molar-refractivity contribution in [3.8, 4) is 0 Å². The average Bonchev–Trinajstić information content (AvgIpc) is 2.50. The number of carbonyl (C=O) groups excluding carboxylic acids is 2. The molecule has 2 aromatic rings. The Labute approximate surface area is 136 Å². The summed E-state index contributed by atoms with van der Waals surface area (Å²) in [4.78, 5) is 24.2. The van der Waals surface area contributed by atoms with Gasteiger partial charge >= 0.3 is 0 Å². The largest absolute Gasteiger partial charge is 0.372 e. The normalized spacial score (nSPS) is 16.2.